The largest absolute Gasteiger partial charge is 0.385 e. The molecular formula is C16H32N4O. The average Bonchev–Trinajstić information content (AvgIpc) is 2.91. The van der Waals surface area contributed by atoms with Gasteiger partial charge in [0, 0.05) is 32.8 Å². The summed E-state index contributed by atoms with van der Waals surface area (Å²) in [5.41, 5.74) is 6.39. The monoisotopic (exact) mass is 296 g/mol. The van der Waals surface area contributed by atoms with Gasteiger partial charge in [0.05, 0.1) is 0 Å². The van der Waals surface area contributed by atoms with E-state index in [0.717, 1.165) is 32.7 Å². The van der Waals surface area contributed by atoms with Crippen molar-refractivity contribution in [2.24, 2.45) is 16.1 Å². The van der Waals surface area contributed by atoms with E-state index in [9.17, 15) is 0 Å². The summed E-state index contributed by atoms with van der Waals surface area (Å²) >= 11 is 0. The number of hydrogen-bond donors (Lipinski definition) is 2. The zero-order chi connectivity index (χ0) is 15.1. The van der Waals surface area contributed by atoms with Crippen molar-refractivity contribution < 1.29 is 4.74 Å². The summed E-state index contributed by atoms with van der Waals surface area (Å²) in [6.07, 6.45) is 7.52. The Balaban J connectivity index is 1.73. The Morgan fingerprint density at radius 3 is 2.86 bits per heavy atom. The van der Waals surface area contributed by atoms with Crippen molar-refractivity contribution in [3.63, 3.8) is 0 Å². The Labute approximate surface area is 129 Å². The number of nitrogens with one attached hydrogen (secondary N) is 1. The van der Waals surface area contributed by atoms with E-state index in [-0.39, 0.29) is 0 Å². The molecule has 2 rings (SSSR count). The standard InChI is InChI=1S/C16H32N4O/c1-3-20-10-4-6-14(20)12-18-15(17)19-13-16(7-5-8-16)9-11-21-2/h14H,3-13H2,1-2H3,(H3,17,18,19). The first-order chi connectivity index (χ1) is 10.2. The molecule has 0 aromatic rings. The fourth-order valence-electron chi connectivity index (χ4n) is 3.56. The number of rotatable bonds is 8. The van der Waals surface area contributed by atoms with Crippen LogP contribution in [0.15, 0.2) is 4.99 Å². The maximum absolute atomic E-state index is 6.04. The van der Waals surface area contributed by atoms with E-state index in [2.05, 4.69) is 22.1 Å². The highest BCUT2D eigenvalue weighted by atomic mass is 16.5. The third-order valence-electron chi connectivity index (χ3n) is 5.26. The van der Waals surface area contributed by atoms with Crippen molar-refractivity contribution in [1.29, 1.82) is 0 Å². The van der Waals surface area contributed by atoms with Gasteiger partial charge in [-0.2, -0.15) is 0 Å². The highest BCUT2D eigenvalue weighted by Gasteiger charge is 2.36. The van der Waals surface area contributed by atoms with Gasteiger partial charge in [-0.15, -0.1) is 0 Å². The van der Waals surface area contributed by atoms with Gasteiger partial charge in [-0.3, -0.25) is 9.89 Å². The molecule has 0 spiro atoms. The third kappa shape index (κ3) is 4.58. The Kier molecular flexibility index (Phi) is 6.30. The Hall–Kier alpha value is -0.810. The molecule has 1 aliphatic carbocycles. The molecule has 5 heteroatoms. The molecule has 1 unspecified atom stereocenters. The lowest BCUT2D eigenvalue weighted by Crippen LogP contribution is -2.43. The van der Waals surface area contributed by atoms with Gasteiger partial charge in [0.1, 0.15) is 0 Å². The third-order valence-corrected chi connectivity index (χ3v) is 5.26. The summed E-state index contributed by atoms with van der Waals surface area (Å²) < 4.78 is 5.22. The molecule has 122 valence electrons. The van der Waals surface area contributed by atoms with Crippen molar-refractivity contribution in [3.8, 4) is 0 Å². The topological polar surface area (TPSA) is 62.9 Å². The smallest absolute Gasteiger partial charge is 0.188 e. The van der Waals surface area contributed by atoms with Gasteiger partial charge in [-0.1, -0.05) is 13.3 Å². The van der Waals surface area contributed by atoms with Gasteiger partial charge in [0.25, 0.3) is 0 Å². The molecule has 1 saturated carbocycles. The van der Waals surface area contributed by atoms with E-state index in [0.29, 0.717) is 17.4 Å². The molecule has 2 fully saturated rings. The Morgan fingerprint density at radius 2 is 2.24 bits per heavy atom. The average molecular weight is 296 g/mol. The first-order valence-corrected chi connectivity index (χ1v) is 8.46. The second kappa shape index (κ2) is 7.99. The molecule has 1 aliphatic heterocycles. The van der Waals surface area contributed by atoms with Crippen LogP contribution in [0.5, 0.6) is 0 Å². The van der Waals surface area contributed by atoms with Crippen LogP contribution in [0, 0.1) is 5.41 Å². The van der Waals surface area contributed by atoms with Gasteiger partial charge in [0.15, 0.2) is 5.96 Å². The molecule has 0 aromatic carbocycles. The minimum atomic E-state index is 0.352. The van der Waals surface area contributed by atoms with Crippen LogP contribution in [-0.4, -0.2) is 56.8 Å². The quantitative estimate of drug-likeness (QED) is 0.527. The minimum absolute atomic E-state index is 0.352. The van der Waals surface area contributed by atoms with Crippen LogP contribution in [0.1, 0.15) is 45.4 Å². The molecule has 1 heterocycles. The normalized spacial score (nSPS) is 25.8. The number of guanidine groups is 1. The lowest BCUT2D eigenvalue weighted by Gasteiger charge is -2.40. The minimum Gasteiger partial charge on any atom is -0.385 e. The molecule has 0 radical (unpaired) electrons. The molecule has 1 atom stereocenters. The van der Waals surface area contributed by atoms with Crippen LogP contribution in [0.3, 0.4) is 0 Å². The van der Waals surface area contributed by atoms with E-state index in [4.69, 9.17) is 10.5 Å². The summed E-state index contributed by atoms with van der Waals surface area (Å²) in [6, 6.07) is 0.620. The number of aliphatic imine (C=N–C) groups is 1. The van der Waals surface area contributed by atoms with Gasteiger partial charge >= 0.3 is 0 Å². The predicted octanol–water partition coefficient (Wildman–Crippen LogP) is 1.58. The maximum atomic E-state index is 6.04. The highest BCUT2D eigenvalue weighted by molar-refractivity contribution is 5.77. The van der Waals surface area contributed by atoms with E-state index in [1.807, 2.05) is 0 Å². The highest BCUT2D eigenvalue weighted by Crippen LogP contribution is 2.44. The lowest BCUT2D eigenvalue weighted by molar-refractivity contribution is 0.0779. The van der Waals surface area contributed by atoms with Crippen LogP contribution in [-0.2, 0) is 4.74 Å². The van der Waals surface area contributed by atoms with Crippen LogP contribution in [0.2, 0.25) is 0 Å². The molecule has 0 aromatic heterocycles. The number of methoxy groups -OCH3 is 1. The number of likely N-dealkylation sites (N-methyl/N-ethyl adjacent to an activating group) is 1. The molecule has 1 saturated heterocycles. The summed E-state index contributed by atoms with van der Waals surface area (Å²) in [4.78, 5) is 7.11. The maximum Gasteiger partial charge on any atom is 0.188 e. The SMILES string of the molecule is CCN1CCCC1CNC(N)=NCC1(CCOC)CCC1. The zero-order valence-electron chi connectivity index (χ0n) is 13.7. The van der Waals surface area contributed by atoms with Crippen LogP contribution in [0.25, 0.3) is 0 Å². The molecule has 0 amide bonds. The first kappa shape index (κ1) is 16.6. The number of likely N-dealkylation sites (tertiary alicyclic amines) is 1. The summed E-state index contributed by atoms with van der Waals surface area (Å²) in [6.45, 7) is 7.18. The Morgan fingerprint density at radius 1 is 1.43 bits per heavy atom. The van der Waals surface area contributed by atoms with E-state index < -0.39 is 0 Å². The molecule has 0 bridgehead atoms. The van der Waals surface area contributed by atoms with E-state index >= 15 is 0 Å². The number of nitrogens with zero attached hydrogens (tertiary/aromatic N) is 2. The molecule has 2 aliphatic rings. The number of hydrogen-bond acceptors (Lipinski definition) is 3. The van der Waals surface area contributed by atoms with Crippen molar-refractivity contribution in [2.75, 3.05) is 39.9 Å². The lowest BCUT2D eigenvalue weighted by atomic mass is 9.67. The predicted molar refractivity (Wildman–Crippen MR) is 87.5 cm³/mol. The fraction of sp³-hybridized carbons (Fsp3) is 0.938. The van der Waals surface area contributed by atoms with Gasteiger partial charge in [-0.05, 0) is 50.6 Å². The molecule has 3 N–H and O–H groups in total. The van der Waals surface area contributed by atoms with E-state index in [1.54, 1.807) is 7.11 Å². The van der Waals surface area contributed by atoms with Crippen molar-refractivity contribution in [1.82, 2.24) is 10.2 Å². The van der Waals surface area contributed by atoms with Crippen LogP contribution in [0.4, 0.5) is 0 Å². The van der Waals surface area contributed by atoms with Crippen LogP contribution >= 0.6 is 0 Å². The number of ether oxygens (including phenoxy) is 1. The van der Waals surface area contributed by atoms with Gasteiger partial charge in [0.2, 0.25) is 0 Å². The first-order valence-electron chi connectivity index (χ1n) is 8.46. The summed E-state index contributed by atoms with van der Waals surface area (Å²) in [5.74, 6) is 0.613. The molecule has 5 nitrogen and oxygen atoms in total. The van der Waals surface area contributed by atoms with Gasteiger partial charge in [-0.25, -0.2) is 0 Å². The van der Waals surface area contributed by atoms with Gasteiger partial charge < -0.3 is 15.8 Å². The second-order valence-corrected chi connectivity index (χ2v) is 6.60. The summed E-state index contributed by atoms with van der Waals surface area (Å²) in [5, 5.41) is 3.32. The molecular weight excluding hydrogens is 264 g/mol. The van der Waals surface area contributed by atoms with Crippen LogP contribution < -0.4 is 11.1 Å². The fourth-order valence-corrected chi connectivity index (χ4v) is 3.56. The Bertz CT molecular complexity index is 341. The summed E-state index contributed by atoms with van der Waals surface area (Å²) in [7, 11) is 1.77. The van der Waals surface area contributed by atoms with Crippen molar-refractivity contribution in [2.45, 2.75) is 51.5 Å². The number of nitrogens with two attached hydrogens (primary N) is 1. The van der Waals surface area contributed by atoms with Crippen molar-refractivity contribution in [3.05, 3.63) is 0 Å². The van der Waals surface area contributed by atoms with Crippen molar-refractivity contribution >= 4 is 5.96 Å². The molecule has 21 heavy (non-hydrogen) atoms. The second-order valence-electron chi connectivity index (χ2n) is 6.60. The zero-order valence-corrected chi connectivity index (χ0v) is 13.7. The van der Waals surface area contributed by atoms with E-state index in [1.165, 1.54) is 38.6 Å².